The zero-order valence-electron chi connectivity index (χ0n) is 12.4. The Labute approximate surface area is 131 Å². The summed E-state index contributed by atoms with van der Waals surface area (Å²) in [5.74, 6) is 0.653. The average Bonchev–Trinajstić information content (AvgIpc) is 2.94. The zero-order valence-corrected chi connectivity index (χ0v) is 12.4. The van der Waals surface area contributed by atoms with E-state index in [1.54, 1.807) is 6.07 Å². The Morgan fingerprint density at radius 3 is 2.83 bits per heavy atom. The summed E-state index contributed by atoms with van der Waals surface area (Å²) in [4.78, 5) is 4.04. The maximum atomic E-state index is 12.1. The largest absolute Gasteiger partial charge is 0.483 e. The van der Waals surface area contributed by atoms with Gasteiger partial charge in [-0.25, -0.2) is 4.98 Å². The highest BCUT2D eigenvalue weighted by Gasteiger charge is 2.28. The van der Waals surface area contributed by atoms with Crippen LogP contribution >= 0.6 is 0 Å². The number of aromatic nitrogens is 3. The third kappa shape index (κ3) is 4.37. The van der Waals surface area contributed by atoms with Crippen molar-refractivity contribution in [3.8, 4) is 5.75 Å². The van der Waals surface area contributed by atoms with E-state index >= 15 is 0 Å². The van der Waals surface area contributed by atoms with Crippen LogP contribution in [0.15, 0.2) is 24.4 Å². The van der Waals surface area contributed by atoms with Gasteiger partial charge in [0.25, 0.3) is 0 Å². The Hall–Kier alpha value is -2.25. The fraction of sp³-hybridized carbons (Fsp3) is 0.467. The molecule has 2 aromatic heterocycles. The standard InChI is InChI=1S/C15H17F3N4O/c16-15(17,18)10-23-13-4-5-14(20-9-13)19-8-11-7-12-3-1-2-6-22(12)21-11/h4-5,7,9H,1-3,6,8,10H2,(H,19,20). The number of nitrogens with one attached hydrogen (secondary N) is 1. The van der Waals surface area contributed by atoms with Crippen LogP contribution in [0, 0.1) is 0 Å². The number of aryl methyl sites for hydroxylation is 2. The molecule has 0 saturated carbocycles. The molecule has 0 aromatic carbocycles. The summed E-state index contributed by atoms with van der Waals surface area (Å²) in [6, 6.07) is 5.12. The van der Waals surface area contributed by atoms with Gasteiger partial charge < -0.3 is 10.1 Å². The van der Waals surface area contributed by atoms with Gasteiger partial charge in [0, 0.05) is 12.2 Å². The van der Waals surface area contributed by atoms with Crippen molar-refractivity contribution in [2.75, 3.05) is 11.9 Å². The topological polar surface area (TPSA) is 52.0 Å². The van der Waals surface area contributed by atoms with Gasteiger partial charge in [0.15, 0.2) is 6.61 Å². The van der Waals surface area contributed by atoms with Crippen LogP contribution in [-0.4, -0.2) is 27.5 Å². The number of rotatable bonds is 5. The Morgan fingerprint density at radius 2 is 2.13 bits per heavy atom. The lowest BCUT2D eigenvalue weighted by atomic mass is 10.1. The Kier molecular flexibility index (Phi) is 4.40. The lowest BCUT2D eigenvalue weighted by Crippen LogP contribution is -2.19. The normalized spacial score (nSPS) is 14.4. The van der Waals surface area contributed by atoms with Crippen LogP contribution in [0.2, 0.25) is 0 Å². The third-order valence-electron chi connectivity index (χ3n) is 3.56. The molecule has 0 unspecified atom stereocenters. The molecule has 5 nitrogen and oxygen atoms in total. The van der Waals surface area contributed by atoms with Gasteiger partial charge in [-0.3, -0.25) is 4.68 Å². The van der Waals surface area contributed by atoms with Gasteiger partial charge in [0.1, 0.15) is 11.6 Å². The fourth-order valence-electron chi connectivity index (χ4n) is 2.48. The zero-order chi connectivity index (χ0) is 16.3. The lowest BCUT2D eigenvalue weighted by Gasteiger charge is -2.11. The van der Waals surface area contributed by atoms with Gasteiger partial charge in [-0.2, -0.15) is 18.3 Å². The molecule has 0 fully saturated rings. The molecule has 3 rings (SSSR count). The van der Waals surface area contributed by atoms with Crippen molar-refractivity contribution in [3.63, 3.8) is 0 Å². The molecule has 1 N–H and O–H groups in total. The molecule has 124 valence electrons. The van der Waals surface area contributed by atoms with E-state index in [1.165, 1.54) is 24.4 Å². The molecule has 2 aromatic rings. The summed E-state index contributed by atoms with van der Waals surface area (Å²) < 4.78 is 42.8. The van der Waals surface area contributed by atoms with Crippen molar-refractivity contribution in [2.24, 2.45) is 0 Å². The second-order valence-electron chi connectivity index (χ2n) is 5.44. The molecule has 0 atom stereocenters. The van der Waals surface area contributed by atoms with Crippen molar-refractivity contribution in [2.45, 2.75) is 38.5 Å². The van der Waals surface area contributed by atoms with Crippen LogP contribution < -0.4 is 10.1 Å². The van der Waals surface area contributed by atoms with Crippen molar-refractivity contribution in [1.82, 2.24) is 14.8 Å². The molecule has 0 bridgehead atoms. The fourth-order valence-corrected chi connectivity index (χ4v) is 2.48. The van der Waals surface area contributed by atoms with Crippen molar-refractivity contribution in [3.05, 3.63) is 35.8 Å². The van der Waals surface area contributed by atoms with Crippen molar-refractivity contribution < 1.29 is 17.9 Å². The number of anilines is 1. The third-order valence-corrected chi connectivity index (χ3v) is 3.56. The van der Waals surface area contributed by atoms with E-state index in [0.29, 0.717) is 12.4 Å². The summed E-state index contributed by atoms with van der Waals surface area (Å²) in [5, 5.41) is 7.62. The molecular weight excluding hydrogens is 309 g/mol. The first-order valence-corrected chi connectivity index (χ1v) is 7.45. The molecule has 23 heavy (non-hydrogen) atoms. The second-order valence-corrected chi connectivity index (χ2v) is 5.44. The highest BCUT2D eigenvalue weighted by atomic mass is 19.4. The summed E-state index contributed by atoms with van der Waals surface area (Å²) in [6.45, 7) is 0.163. The van der Waals surface area contributed by atoms with Crippen LogP contribution in [0.3, 0.4) is 0 Å². The predicted octanol–water partition coefficient (Wildman–Crippen LogP) is 3.17. The van der Waals surface area contributed by atoms with Crippen LogP contribution in [0.5, 0.6) is 5.75 Å². The summed E-state index contributed by atoms with van der Waals surface area (Å²) in [6.07, 6.45) is 0.321. The number of nitrogens with zero attached hydrogens (tertiary/aromatic N) is 3. The van der Waals surface area contributed by atoms with Crippen LogP contribution in [-0.2, 0) is 19.5 Å². The first-order valence-electron chi connectivity index (χ1n) is 7.45. The van der Waals surface area contributed by atoms with Gasteiger partial charge in [-0.1, -0.05) is 0 Å². The maximum Gasteiger partial charge on any atom is 0.422 e. The van der Waals surface area contributed by atoms with Gasteiger partial charge in [0.05, 0.1) is 18.4 Å². The van der Waals surface area contributed by atoms with Crippen molar-refractivity contribution in [1.29, 1.82) is 0 Å². The van der Waals surface area contributed by atoms with E-state index in [4.69, 9.17) is 0 Å². The Morgan fingerprint density at radius 1 is 1.26 bits per heavy atom. The summed E-state index contributed by atoms with van der Waals surface area (Å²) >= 11 is 0. The number of ether oxygens (including phenoxy) is 1. The van der Waals surface area contributed by atoms with Gasteiger partial charge in [-0.05, 0) is 37.5 Å². The molecule has 0 spiro atoms. The second kappa shape index (κ2) is 6.47. The number of pyridine rings is 1. The van der Waals surface area contributed by atoms with Crippen molar-refractivity contribution >= 4 is 5.82 Å². The average molecular weight is 326 g/mol. The van der Waals surface area contributed by atoms with E-state index in [1.807, 2.05) is 4.68 Å². The minimum absolute atomic E-state index is 0.0883. The minimum Gasteiger partial charge on any atom is -0.483 e. The van der Waals surface area contributed by atoms with Gasteiger partial charge in [0.2, 0.25) is 0 Å². The smallest absolute Gasteiger partial charge is 0.422 e. The molecule has 0 aliphatic carbocycles. The van der Waals surface area contributed by atoms with Gasteiger partial charge in [-0.15, -0.1) is 0 Å². The van der Waals surface area contributed by atoms with E-state index in [9.17, 15) is 13.2 Å². The quantitative estimate of drug-likeness (QED) is 0.917. The Balaban J connectivity index is 1.53. The van der Waals surface area contributed by atoms with E-state index in [-0.39, 0.29) is 5.75 Å². The molecule has 1 aliphatic rings. The minimum atomic E-state index is -4.35. The Bertz CT molecular complexity index is 628. The summed E-state index contributed by atoms with van der Waals surface area (Å²) in [7, 11) is 0. The SMILES string of the molecule is FC(F)(F)COc1ccc(NCc2cc3n(n2)CCCC3)nc1. The first kappa shape index (κ1) is 15.6. The molecule has 3 heterocycles. The van der Waals surface area contributed by atoms with E-state index in [0.717, 1.165) is 25.1 Å². The van der Waals surface area contributed by atoms with Gasteiger partial charge >= 0.3 is 6.18 Å². The molecule has 8 heteroatoms. The number of hydrogen-bond donors (Lipinski definition) is 1. The van der Waals surface area contributed by atoms with Crippen LogP contribution in [0.4, 0.5) is 19.0 Å². The molecule has 0 amide bonds. The lowest BCUT2D eigenvalue weighted by molar-refractivity contribution is -0.153. The number of fused-ring (bicyclic) bond motifs is 1. The van der Waals surface area contributed by atoms with E-state index in [2.05, 4.69) is 26.2 Å². The number of hydrogen-bond acceptors (Lipinski definition) is 4. The highest BCUT2D eigenvalue weighted by Crippen LogP contribution is 2.19. The first-order chi connectivity index (χ1) is 11.0. The van der Waals surface area contributed by atoms with Crippen LogP contribution in [0.25, 0.3) is 0 Å². The predicted molar refractivity (Wildman–Crippen MR) is 78.3 cm³/mol. The van der Waals surface area contributed by atoms with E-state index < -0.39 is 12.8 Å². The molecule has 1 aliphatic heterocycles. The number of halogens is 3. The maximum absolute atomic E-state index is 12.1. The van der Waals surface area contributed by atoms with Crippen LogP contribution in [0.1, 0.15) is 24.2 Å². The molecule has 0 radical (unpaired) electrons. The number of alkyl halides is 3. The molecular formula is C15H17F3N4O. The highest BCUT2D eigenvalue weighted by molar-refractivity contribution is 5.38. The monoisotopic (exact) mass is 326 g/mol. The summed E-state index contributed by atoms with van der Waals surface area (Å²) in [5.41, 5.74) is 2.18. The molecule has 0 saturated heterocycles.